The molecule has 0 spiro atoms. The zero-order valence-corrected chi connectivity index (χ0v) is 15.5. The lowest BCUT2D eigenvalue weighted by molar-refractivity contribution is -0.384. The molecule has 0 aliphatic rings. The second-order valence-electron chi connectivity index (χ2n) is 4.97. The summed E-state index contributed by atoms with van der Waals surface area (Å²) in [5, 5.41) is 24.6. The smallest absolute Gasteiger partial charge is 0.341 e. The van der Waals surface area contributed by atoms with Gasteiger partial charge in [-0.2, -0.15) is 5.26 Å². The van der Waals surface area contributed by atoms with E-state index in [1.54, 1.807) is 18.4 Å². The van der Waals surface area contributed by atoms with Crippen LogP contribution in [0.4, 0.5) is 10.7 Å². The van der Waals surface area contributed by atoms with Crippen LogP contribution < -0.4 is 5.32 Å². The summed E-state index contributed by atoms with van der Waals surface area (Å²) in [4.78, 5) is 34.5. The molecule has 0 saturated carbocycles. The van der Waals surface area contributed by atoms with E-state index >= 15 is 0 Å². The lowest BCUT2D eigenvalue weighted by Gasteiger charge is -2.06. The fraction of sp³-hybridized carbons (Fsp3) is 0.118. The molecule has 0 radical (unpaired) electrons. The molecule has 1 aromatic carbocycles. The molecule has 0 aliphatic carbocycles. The SMILES string of the molecule is CCOC(=O)c1ccsc1NC(=O)/C(C#N)=C/c1cc([N+](=O)[O-])ccc1Cl. The number of amides is 1. The zero-order valence-electron chi connectivity index (χ0n) is 13.9. The maximum absolute atomic E-state index is 12.4. The number of nitro benzene ring substituents is 1. The predicted molar refractivity (Wildman–Crippen MR) is 101 cm³/mol. The van der Waals surface area contributed by atoms with Crippen molar-refractivity contribution >= 4 is 51.6 Å². The average molecular weight is 406 g/mol. The number of thiophene rings is 1. The maximum atomic E-state index is 12.4. The van der Waals surface area contributed by atoms with Crippen molar-refractivity contribution < 1.29 is 19.2 Å². The van der Waals surface area contributed by atoms with E-state index in [2.05, 4.69) is 5.32 Å². The number of esters is 1. The van der Waals surface area contributed by atoms with Gasteiger partial charge in [0.15, 0.2) is 0 Å². The standard InChI is InChI=1S/C17H12ClN3O5S/c1-2-26-17(23)13-5-6-27-16(13)20-15(22)11(9-19)7-10-8-12(21(24)25)3-4-14(10)18/h3-8H,2H2,1H3,(H,20,22)/b11-7+. The van der Waals surface area contributed by atoms with Gasteiger partial charge in [0.1, 0.15) is 16.6 Å². The van der Waals surface area contributed by atoms with Gasteiger partial charge in [0, 0.05) is 22.7 Å². The molecule has 0 saturated heterocycles. The molecular weight excluding hydrogens is 394 g/mol. The molecular formula is C17H12ClN3O5S. The summed E-state index contributed by atoms with van der Waals surface area (Å²) < 4.78 is 4.90. The first-order chi connectivity index (χ1) is 12.9. The van der Waals surface area contributed by atoms with Crippen molar-refractivity contribution in [1.82, 2.24) is 0 Å². The first kappa shape index (κ1) is 20.1. The number of rotatable bonds is 6. The lowest BCUT2D eigenvalue weighted by atomic mass is 10.1. The Bertz CT molecular complexity index is 977. The summed E-state index contributed by atoms with van der Waals surface area (Å²) in [5.41, 5.74) is -0.248. The fourth-order valence-corrected chi connectivity index (χ4v) is 2.95. The number of nitriles is 1. The van der Waals surface area contributed by atoms with E-state index in [-0.39, 0.29) is 39.0 Å². The highest BCUT2D eigenvalue weighted by Gasteiger charge is 2.18. The van der Waals surface area contributed by atoms with Crippen LogP contribution in [0, 0.1) is 21.4 Å². The van der Waals surface area contributed by atoms with E-state index in [9.17, 15) is 25.0 Å². The molecule has 0 aliphatic heterocycles. The normalized spacial score (nSPS) is 10.8. The molecule has 1 aromatic heterocycles. The Labute approximate surface area is 162 Å². The Morgan fingerprint density at radius 1 is 1.44 bits per heavy atom. The fourth-order valence-electron chi connectivity index (χ4n) is 2.01. The van der Waals surface area contributed by atoms with Crippen molar-refractivity contribution in [3.63, 3.8) is 0 Å². The summed E-state index contributed by atoms with van der Waals surface area (Å²) >= 11 is 7.07. The van der Waals surface area contributed by atoms with E-state index < -0.39 is 16.8 Å². The Kier molecular flexibility index (Phi) is 6.65. The first-order valence-electron chi connectivity index (χ1n) is 7.49. The van der Waals surface area contributed by atoms with Crippen molar-refractivity contribution in [2.75, 3.05) is 11.9 Å². The highest BCUT2D eigenvalue weighted by molar-refractivity contribution is 7.14. The third-order valence-corrected chi connectivity index (χ3v) is 4.42. The second kappa shape index (κ2) is 8.93. The van der Waals surface area contributed by atoms with Gasteiger partial charge in [0.05, 0.1) is 17.1 Å². The van der Waals surface area contributed by atoms with E-state index in [1.807, 2.05) is 0 Å². The number of nitrogens with zero attached hydrogens (tertiary/aromatic N) is 2. The van der Waals surface area contributed by atoms with Crippen molar-refractivity contribution in [3.8, 4) is 6.07 Å². The van der Waals surface area contributed by atoms with Crippen LogP contribution in [0.5, 0.6) is 0 Å². The molecule has 0 fully saturated rings. The molecule has 138 valence electrons. The molecule has 0 bridgehead atoms. The van der Waals surface area contributed by atoms with Crippen molar-refractivity contribution in [2.45, 2.75) is 6.92 Å². The predicted octanol–water partition coefficient (Wildman–Crippen LogP) is 4.03. The van der Waals surface area contributed by atoms with Gasteiger partial charge in [-0.05, 0) is 30.5 Å². The highest BCUT2D eigenvalue weighted by atomic mass is 35.5. The van der Waals surface area contributed by atoms with Crippen LogP contribution in [0.25, 0.3) is 6.08 Å². The number of hydrogen-bond acceptors (Lipinski definition) is 7. The molecule has 0 atom stereocenters. The molecule has 2 aromatic rings. The summed E-state index contributed by atoms with van der Waals surface area (Å²) in [6.07, 6.45) is 1.14. The summed E-state index contributed by atoms with van der Waals surface area (Å²) in [6.45, 7) is 1.83. The van der Waals surface area contributed by atoms with E-state index in [0.29, 0.717) is 0 Å². The van der Waals surface area contributed by atoms with Crippen LogP contribution in [-0.2, 0) is 9.53 Å². The van der Waals surface area contributed by atoms with Gasteiger partial charge in [0.25, 0.3) is 11.6 Å². The summed E-state index contributed by atoms with van der Waals surface area (Å²) in [5.74, 6) is -1.38. The maximum Gasteiger partial charge on any atom is 0.341 e. The van der Waals surface area contributed by atoms with Gasteiger partial charge in [-0.1, -0.05) is 11.6 Å². The zero-order chi connectivity index (χ0) is 20.0. The minimum Gasteiger partial charge on any atom is -0.462 e. The minimum atomic E-state index is -0.784. The van der Waals surface area contributed by atoms with E-state index in [0.717, 1.165) is 23.5 Å². The van der Waals surface area contributed by atoms with E-state index in [1.165, 1.54) is 18.2 Å². The van der Waals surface area contributed by atoms with Crippen molar-refractivity contribution in [1.29, 1.82) is 5.26 Å². The number of benzene rings is 1. The Hall–Kier alpha value is -3.22. The second-order valence-corrected chi connectivity index (χ2v) is 6.29. The van der Waals surface area contributed by atoms with Crippen LogP contribution in [0.3, 0.4) is 0 Å². The van der Waals surface area contributed by atoms with Gasteiger partial charge in [-0.15, -0.1) is 11.3 Å². The van der Waals surface area contributed by atoms with Gasteiger partial charge < -0.3 is 10.1 Å². The lowest BCUT2D eigenvalue weighted by Crippen LogP contribution is -2.15. The highest BCUT2D eigenvalue weighted by Crippen LogP contribution is 2.27. The number of carbonyl (C=O) groups excluding carboxylic acids is 2. The van der Waals surface area contributed by atoms with Crippen LogP contribution in [-0.4, -0.2) is 23.4 Å². The van der Waals surface area contributed by atoms with Gasteiger partial charge in [-0.25, -0.2) is 4.79 Å². The number of carbonyl (C=O) groups is 2. The molecule has 2 rings (SSSR count). The average Bonchev–Trinajstić information content (AvgIpc) is 3.09. The molecule has 1 heterocycles. The molecule has 8 nitrogen and oxygen atoms in total. The van der Waals surface area contributed by atoms with Crippen molar-refractivity contribution in [3.05, 3.63) is 61.5 Å². The first-order valence-corrected chi connectivity index (χ1v) is 8.74. The van der Waals surface area contributed by atoms with Gasteiger partial charge in [-0.3, -0.25) is 14.9 Å². The third kappa shape index (κ3) is 4.91. The number of nitro groups is 1. The summed E-state index contributed by atoms with van der Waals surface area (Å²) in [6, 6.07) is 6.88. The Morgan fingerprint density at radius 2 is 2.19 bits per heavy atom. The Morgan fingerprint density at radius 3 is 2.81 bits per heavy atom. The number of non-ortho nitro benzene ring substituents is 1. The van der Waals surface area contributed by atoms with Crippen LogP contribution in [0.2, 0.25) is 5.02 Å². The molecule has 0 unspecified atom stereocenters. The number of nitrogens with one attached hydrogen (secondary N) is 1. The molecule has 1 amide bonds. The molecule has 1 N–H and O–H groups in total. The molecule has 10 heteroatoms. The largest absolute Gasteiger partial charge is 0.462 e. The van der Waals surface area contributed by atoms with Crippen LogP contribution in [0.15, 0.2) is 35.2 Å². The Balaban J connectivity index is 2.30. The monoisotopic (exact) mass is 405 g/mol. The minimum absolute atomic E-state index is 0.143. The quantitative estimate of drug-likeness (QED) is 0.254. The van der Waals surface area contributed by atoms with E-state index in [4.69, 9.17) is 16.3 Å². The van der Waals surface area contributed by atoms with Crippen LogP contribution in [0.1, 0.15) is 22.8 Å². The number of hydrogen-bond donors (Lipinski definition) is 1. The molecule has 27 heavy (non-hydrogen) atoms. The summed E-state index contributed by atoms with van der Waals surface area (Å²) in [7, 11) is 0. The van der Waals surface area contributed by atoms with Gasteiger partial charge in [0.2, 0.25) is 0 Å². The topological polar surface area (TPSA) is 122 Å². The van der Waals surface area contributed by atoms with Crippen molar-refractivity contribution in [2.24, 2.45) is 0 Å². The van der Waals surface area contributed by atoms with Gasteiger partial charge >= 0.3 is 5.97 Å². The number of halogens is 1. The number of anilines is 1. The van der Waals surface area contributed by atoms with Crippen LogP contribution >= 0.6 is 22.9 Å². The third-order valence-electron chi connectivity index (χ3n) is 3.24. The number of ether oxygens (including phenoxy) is 1.